The van der Waals surface area contributed by atoms with Gasteiger partial charge in [-0.15, -0.1) is 0 Å². The Morgan fingerprint density at radius 1 is 0.516 bits per heavy atom. The fraction of sp³-hybridized carbons (Fsp3) is 0.750. The molecule has 3 unspecified atom stereocenters. The molecule has 0 heterocycles. The van der Waals surface area contributed by atoms with Crippen molar-refractivity contribution in [1.82, 2.24) is 0 Å². The molecule has 10 heteroatoms. The molecule has 0 aliphatic rings. The first-order valence-corrected chi connectivity index (χ1v) is 26.4. The molecule has 0 rings (SSSR count). The molecule has 3 N–H and O–H groups in total. The summed E-state index contributed by atoms with van der Waals surface area (Å²) in [5.41, 5.74) is 0. The van der Waals surface area contributed by atoms with Gasteiger partial charge in [-0.05, 0) is 83.5 Å². The lowest BCUT2D eigenvalue weighted by Crippen LogP contribution is -2.29. The number of unbranched alkanes of at least 4 members (excludes halogenated alkanes) is 21. The SMILES string of the molecule is CC/C=C\C/C=C\C/C=C\C/C=C\CCCCCCCCC(=O)OC(COCCCCCCCCCCCC/C=C\C/C=C\CCCCCCC)COP(=O)(O)OCC(O)CO. The van der Waals surface area contributed by atoms with Crippen LogP contribution in [0.4, 0.5) is 0 Å². The van der Waals surface area contributed by atoms with Crippen molar-refractivity contribution in [3.8, 4) is 0 Å². The third kappa shape index (κ3) is 47.4. The quantitative estimate of drug-likeness (QED) is 0.0236. The van der Waals surface area contributed by atoms with E-state index in [1.54, 1.807) is 0 Å². The molecule has 62 heavy (non-hydrogen) atoms. The van der Waals surface area contributed by atoms with Crippen LogP contribution in [0.15, 0.2) is 72.9 Å². The number of carbonyl (C=O) groups is 1. The predicted octanol–water partition coefficient (Wildman–Crippen LogP) is 14.5. The minimum Gasteiger partial charge on any atom is -0.457 e. The Balaban J connectivity index is 4.13. The number of carbonyl (C=O) groups excluding carboxylic acids is 1. The van der Waals surface area contributed by atoms with Crippen molar-refractivity contribution >= 4 is 13.8 Å². The van der Waals surface area contributed by atoms with Crippen molar-refractivity contribution in [2.75, 3.05) is 33.0 Å². The average molecular weight is 893 g/mol. The summed E-state index contributed by atoms with van der Waals surface area (Å²) in [5, 5.41) is 18.4. The number of allylic oxidation sites excluding steroid dienone is 12. The Labute approximate surface area is 380 Å². The van der Waals surface area contributed by atoms with Crippen molar-refractivity contribution in [2.45, 2.75) is 219 Å². The van der Waals surface area contributed by atoms with E-state index < -0.39 is 39.2 Å². The van der Waals surface area contributed by atoms with Gasteiger partial charge in [0.05, 0.1) is 26.4 Å². The number of hydrogen-bond donors (Lipinski definition) is 3. The highest BCUT2D eigenvalue weighted by atomic mass is 31.2. The third-order valence-corrected chi connectivity index (χ3v) is 11.3. The van der Waals surface area contributed by atoms with E-state index in [1.165, 1.54) is 89.9 Å². The highest BCUT2D eigenvalue weighted by Crippen LogP contribution is 2.43. The second-order valence-corrected chi connectivity index (χ2v) is 17.9. The van der Waals surface area contributed by atoms with Crippen LogP contribution in [-0.4, -0.2) is 66.3 Å². The summed E-state index contributed by atoms with van der Waals surface area (Å²) in [7, 11) is -4.53. The fourth-order valence-corrected chi connectivity index (χ4v) is 7.40. The molecule has 0 aromatic heterocycles. The number of phosphoric ester groups is 1. The Kier molecular flexibility index (Phi) is 46.7. The van der Waals surface area contributed by atoms with Crippen molar-refractivity contribution in [1.29, 1.82) is 0 Å². The van der Waals surface area contributed by atoms with Gasteiger partial charge >= 0.3 is 13.8 Å². The Morgan fingerprint density at radius 2 is 0.919 bits per heavy atom. The predicted molar refractivity (Wildman–Crippen MR) is 260 cm³/mol. The van der Waals surface area contributed by atoms with Gasteiger partial charge in [-0.1, -0.05) is 189 Å². The van der Waals surface area contributed by atoms with E-state index in [0.29, 0.717) is 13.0 Å². The monoisotopic (exact) mass is 893 g/mol. The highest BCUT2D eigenvalue weighted by Gasteiger charge is 2.26. The van der Waals surface area contributed by atoms with E-state index >= 15 is 0 Å². The summed E-state index contributed by atoms with van der Waals surface area (Å²) in [6.45, 7) is 3.38. The summed E-state index contributed by atoms with van der Waals surface area (Å²) < 4.78 is 33.5. The minimum absolute atomic E-state index is 0.0381. The van der Waals surface area contributed by atoms with Gasteiger partial charge in [0, 0.05) is 13.0 Å². The molecule has 0 aromatic rings. The fourth-order valence-electron chi connectivity index (χ4n) is 6.61. The van der Waals surface area contributed by atoms with Gasteiger partial charge < -0.3 is 24.6 Å². The second-order valence-electron chi connectivity index (χ2n) is 16.4. The molecule has 0 radical (unpaired) electrons. The largest absolute Gasteiger partial charge is 0.472 e. The molecule has 3 atom stereocenters. The lowest BCUT2D eigenvalue weighted by molar-refractivity contribution is -0.154. The van der Waals surface area contributed by atoms with E-state index in [-0.39, 0.29) is 19.6 Å². The molecular weight excluding hydrogens is 800 g/mol. The van der Waals surface area contributed by atoms with Gasteiger partial charge in [0.1, 0.15) is 12.2 Å². The van der Waals surface area contributed by atoms with Crippen LogP contribution >= 0.6 is 7.82 Å². The van der Waals surface area contributed by atoms with Crippen LogP contribution in [0.5, 0.6) is 0 Å². The van der Waals surface area contributed by atoms with E-state index in [1.807, 2.05) is 0 Å². The maximum absolute atomic E-state index is 12.7. The van der Waals surface area contributed by atoms with Crippen LogP contribution in [0, 0.1) is 0 Å². The summed E-state index contributed by atoms with van der Waals surface area (Å²) in [6, 6.07) is 0. The molecule has 9 nitrogen and oxygen atoms in total. The zero-order valence-electron chi connectivity index (χ0n) is 39.6. The lowest BCUT2D eigenvalue weighted by atomic mass is 10.1. The summed E-state index contributed by atoms with van der Waals surface area (Å²) in [5.74, 6) is -0.398. The smallest absolute Gasteiger partial charge is 0.457 e. The van der Waals surface area contributed by atoms with Gasteiger partial charge in [-0.2, -0.15) is 0 Å². The van der Waals surface area contributed by atoms with Gasteiger partial charge in [0.15, 0.2) is 0 Å². The molecule has 0 saturated carbocycles. The molecule has 0 saturated heterocycles. The summed E-state index contributed by atoms with van der Waals surface area (Å²) in [6.07, 6.45) is 58.6. The van der Waals surface area contributed by atoms with Crippen molar-refractivity contribution in [2.24, 2.45) is 0 Å². The topological polar surface area (TPSA) is 132 Å². The van der Waals surface area contributed by atoms with Crippen LogP contribution in [0.2, 0.25) is 0 Å². The van der Waals surface area contributed by atoms with Crippen molar-refractivity contribution in [3.05, 3.63) is 72.9 Å². The van der Waals surface area contributed by atoms with Crippen molar-refractivity contribution in [3.63, 3.8) is 0 Å². The molecule has 0 aromatic carbocycles. The first kappa shape index (κ1) is 59.9. The molecule has 360 valence electrons. The first-order chi connectivity index (χ1) is 30.3. The van der Waals surface area contributed by atoms with Gasteiger partial charge in [0.2, 0.25) is 0 Å². The van der Waals surface area contributed by atoms with Crippen LogP contribution < -0.4 is 0 Å². The van der Waals surface area contributed by atoms with E-state index in [4.69, 9.17) is 23.6 Å². The summed E-state index contributed by atoms with van der Waals surface area (Å²) in [4.78, 5) is 22.7. The Morgan fingerprint density at radius 3 is 1.39 bits per heavy atom. The minimum atomic E-state index is -4.53. The van der Waals surface area contributed by atoms with E-state index in [0.717, 1.165) is 89.9 Å². The van der Waals surface area contributed by atoms with Crippen LogP contribution in [0.1, 0.15) is 206 Å². The highest BCUT2D eigenvalue weighted by molar-refractivity contribution is 7.47. The number of aliphatic hydroxyl groups excluding tert-OH is 2. The molecule has 0 amide bonds. The van der Waals surface area contributed by atoms with Gasteiger partial charge in [-0.25, -0.2) is 4.57 Å². The first-order valence-electron chi connectivity index (χ1n) is 24.9. The molecule has 0 fully saturated rings. The standard InChI is InChI=1S/C52H93O9P/c1-3-5-7-9-11-13-15-17-19-21-23-24-25-27-29-31-33-35-37-39-41-43-45-58-48-51(49-60-62(56,57)59-47-50(54)46-53)61-52(55)44-42-40-38-36-34-32-30-28-26-22-20-18-16-14-12-10-8-6-4-2/h6,8,12,14-15,17-18,20-21,23,26,28,50-51,53-54H,3-5,7,9-11,13,16,19,22,24-25,27,29-49H2,1-2H3,(H,56,57)/b8-6-,14-12-,17-15-,20-18-,23-21-,28-26-. The van der Waals surface area contributed by atoms with Crippen LogP contribution in [-0.2, 0) is 27.9 Å². The second kappa shape index (κ2) is 48.4. The number of phosphoric acid groups is 1. The number of esters is 1. The van der Waals surface area contributed by atoms with Gasteiger partial charge in [0.25, 0.3) is 0 Å². The van der Waals surface area contributed by atoms with Gasteiger partial charge in [-0.3, -0.25) is 13.8 Å². The molecule has 0 aliphatic heterocycles. The third-order valence-electron chi connectivity index (χ3n) is 10.4. The normalized spacial score (nSPS) is 14.5. The van der Waals surface area contributed by atoms with E-state index in [9.17, 15) is 19.4 Å². The van der Waals surface area contributed by atoms with Crippen molar-refractivity contribution < 1.29 is 43.0 Å². The number of aliphatic hydroxyl groups is 2. The molecule has 0 aliphatic carbocycles. The maximum atomic E-state index is 12.7. The molecule has 0 bridgehead atoms. The molecule has 0 spiro atoms. The van der Waals surface area contributed by atoms with Crippen LogP contribution in [0.3, 0.4) is 0 Å². The Bertz CT molecular complexity index is 1190. The molecular formula is C52H93O9P. The lowest BCUT2D eigenvalue weighted by Gasteiger charge is -2.20. The Hall–Kier alpha value is -2.10. The number of hydrogen-bond acceptors (Lipinski definition) is 8. The number of rotatable bonds is 47. The number of ether oxygens (including phenoxy) is 2. The summed E-state index contributed by atoms with van der Waals surface area (Å²) >= 11 is 0. The van der Waals surface area contributed by atoms with E-state index in [2.05, 4.69) is 86.8 Å². The zero-order chi connectivity index (χ0) is 45.3. The maximum Gasteiger partial charge on any atom is 0.472 e. The zero-order valence-corrected chi connectivity index (χ0v) is 40.5. The average Bonchev–Trinajstić information content (AvgIpc) is 3.26. The van der Waals surface area contributed by atoms with Crippen LogP contribution in [0.25, 0.3) is 0 Å².